The monoisotopic (exact) mass is 1140 g/mol. The number of aliphatic hydroxyl groups is 2. The molecule has 2 aromatic heterocycles. The summed E-state index contributed by atoms with van der Waals surface area (Å²) < 4.78 is 64.1. The van der Waals surface area contributed by atoms with Gasteiger partial charge in [-0.05, 0) is 84.1 Å². The van der Waals surface area contributed by atoms with Crippen molar-refractivity contribution >= 4 is 63.6 Å². The average Bonchev–Trinajstić information content (AvgIpc) is 4.16. The molecule has 26 heteroatoms. The summed E-state index contributed by atoms with van der Waals surface area (Å²) in [6.07, 6.45) is 11.4. The van der Waals surface area contributed by atoms with Crippen LogP contribution in [0.2, 0.25) is 0 Å². The number of phosphoric acid groups is 3. The molecule has 1 amide bonds. The first-order valence-corrected chi connectivity index (χ1v) is 30.6. The van der Waals surface area contributed by atoms with Crippen molar-refractivity contribution in [3.63, 3.8) is 0 Å². The van der Waals surface area contributed by atoms with Crippen molar-refractivity contribution in [1.82, 2.24) is 24.8 Å². The van der Waals surface area contributed by atoms with Crippen LogP contribution >= 0.6 is 23.5 Å². The van der Waals surface area contributed by atoms with Crippen molar-refractivity contribution in [1.29, 1.82) is 0 Å². The van der Waals surface area contributed by atoms with E-state index in [9.17, 15) is 48.2 Å². The van der Waals surface area contributed by atoms with Gasteiger partial charge in [-0.1, -0.05) is 80.7 Å². The van der Waals surface area contributed by atoms with Crippen molar-refractivity contribution < 1.29 is 70.4 Å². The van der Waals surface area contributed by atoms with E-state index in [1.54, 1.807) is 0 Å². The number of ether oxygens (including phenoxy) is 1. The van der Waals surface area contributed by atoms with Crippen LogP contribution < -0.4 is 21.5 Å². The van der Waals surface area contributed by atoms with Crippen molar-refractivity contribution in [2.24, 2.45) is 0 Å². The van der Waals surface area contributed by atoms with E-state index in [0.29, 0.717) is 32.2 Å². The van der Waals surface area contributed by atoms with E-state index in [0.717, 1.165) is 49.7 Å². The average molecular weight is 1140 g/mol. The normalized spacial score (nSPS) is 22.6. The topological polar surface area (TPSA) is 323 Å². The Morgan fingerprint density at radius 1 is 0.859 bits per heavy atom. The van der Waals surface area contributed by atoms with Gasteiger partial charge in [0.1, 0.15) is 24.9 Å². The number of likely N-dealkylation sites (N-methyl/N-ethyl adjacent to an activating group) is 1. The Bertz CT molecular complexity index is 3170. The Hall–Kier alpha value is -4.96. The van der Waals surface area contributed by atoms with E-state index in [-0.39, 0.29) is 46.9 Å². The number of benzene rings is 2. The Balaban J connectivity index is 0.767. The molecule has 3 aliphatic heterocycles. The Kier molecular flexibility index (Phi) is 19.6. The number of amides is 1. The van der Waals surface area contributed by atoms with Gasteiger partial charge < -0.3 is 45.6 Å². The highest BCUT2D eigenvalue weighted by Gasteiger charge is 2.48. The van der Waals surface area contributed by atoms with Gasteiger partial charge in [0.05, 0.1) is 25.0 Å². The fraction of sp³-hybridized carbons (Fsp3) is 0.519. The second-order valence-corrected chi connectivity index (χ2v) is 25.5. The van der Waals surface area contributed by atoms with Gasteiger partial charge in [0.25, 0.3) is 5.56 Å². The first-order valence-electron chi connectivity index (χ1n) is 26.2. The van der Waals surface area contributed by atoms with Crippen LogP contribution in [0.1, 0.15) is 121 Å². The number of hydrogen-bond acceptors (Lipinski definition) is 16. The maximum atomic E-state index is 12.7. The third kappa shape index (κ3) is 14.5. The van der Waals surface area contributed by atoms with Crippen LogP contribution in [0.3, 0.4) is 0 Å². The molecular formula is C52H74N8O15P3+. The number of phosphoric ester groups is 2. The predicted molar refractivity (Wildman–Crippen MR) is 294 cm³/mol. The Morgan fingerprint density at radius 2 is 1.53 bits per heavy atom. The highest BCUT2D eigenvalue weighted by molar-refractivity contribution is 7.66. The number of H-pyrrole nitrogens is 1. The molecule has 2 aromatic carbocycles. The zero-order valence-corrected chi connectivity index (χ0v) is 47.8. The molecule has 1 fully saturated rings. The zero-order valence-electron chi connectivity index (χ0n) is 45.1. The Morgan fingerprint density at radius 3 is 2.26 bits per heavy atom. The van der Waals surface area contributed by atoms with Gasteiger partial charge in [0.15, 0.2) is 23.1 Å². The molecular weight excluding hydrogens is 1070 g/mol. The largest absolute Gasteiger partial charge is 0.490 e. The molecule has 0 spiro atoms. The number of aromatic nitrogens is 4. The van der Waals surface area contributed by atoms with Gasteiger partial charge in [-0.15, -0.1) is 0 Å². The molecule has 7 rings (SSSR count). The lowest BCUT2D eigenvalue weighted by atomic mass is 9.81. The lowest BCUT2D eigenvalue weighted by Gasteiger charge is -2.25. The fourth-order valence-corrected chi connectivity index (χ4v) is 13.8. The second-order valence-electron chi connectivity index (χ2n) is 20.8. The number of nitrogen functional groups attached to an aromatic ring is 1. The summed E-state index contributed by atoms with van der Waals surface area (Å²) in [6.45, 7) is 16.4. The van der Waals surface area contributed by atoms with E-state index in [2.05, 4.69) is 158 Å². The smallest absolute Gasteiger partial charge is 0.387 e. The molecule has 1 saturated heterocycles. The molecule has 426 valence electrons. The van der Waals surface area contributed by atoms with E-state index >= 15 is 0 Å². The van der Waals surface area contributed by atoms with Crippen LogP contribution in [0.5, 0.6) is 0 Å². The number of rotatable bonds is 27. The van der Waals surface area contributed by atoms with Gasteiger partial charge in [-0.2, -0.15) is 18.2 Å². The standard InChI is InChI=1S/C52H73N8O15P3/c1-8-58-38-25-23-34(2)30-36(38)51(4,5)41(58)20-14-12-15-21-42-52(6,7)37-31-35(3)24-26-39(37)59(42)28-18-13-16-22-43(61)54-27-17-10-9-11-19-29-71-76(65,66)74-78(69,70)75-77(67,68)72-32-40-45(62)46(63)49(73-40)60-33-55-44-47(60)56-50(53)57-48(44)64/h12,14-15,20-21,23-26,30-31,33,40,45-46,49,62-63H,8-11,13,16-19,22,27-29,32H2,1-7H3,(H6-,53,54,56,57,61,64,65,66,67,68,69,70)/p+1/t40-,45?,46-,49-/m1/s1. The third-order valence-electron chi connectivity index (χ3n) is 14.2. The molecule has 78 heavy (non-hydrogen) atoms. The van der Waals surface area contributed by atoms with Crippen LogP contribution in [0.25, 0.3) is 11.2 Å². The number of unbranched alkanes of at least 4 members (excludes halogenated alkanes) is 6. The second kappa shape index (κ2) is 25.2. The minimum absolute atomic E-state index is 0.0151. The van der Waals surface area contributed by atoms with E-state index in [4.69, 9.17) is 15.0 Å². The molecule has 4 aromatic rings. The molecule has 23 nitrogen and oxygen atoms in total. The summed E-state index contributed by atoms with van der Waals surface area (Å²) in [6, 6.07) is 13.4. The van der Waals surface area contributed by atoms with Gasteiger partial charge in [0, 0.05) is 60.4 Å². The number of nitrogens with two attached hydrogens (primary N) is 1. The van der Waals surface area contributed by atoms with Crippen molar-refractivity contribution in [2.45, 2.75) is 142 Å². The molecule has 0 bridgehead atoms. The van der Waals surface area contributed by atoms with Crippen LogP contribution in [0.4, 0.5) is 17.3 Å². The molecule has 4 unspecified atom stereocenters. The summed E-state index contributed by atoms with van der Waals surface area (Å²) in [5.74, 6) is -0.291. The summed E-state index contributed by atoms with van der Waals surface area (Å²) in [7, 11) is -16.6. The van der Waals surface area contributed by atoms with Gasteiger partial charge in [-0.3, -0.25) is 28.2 Å². The number of fused-ring (bicyclic) bond motifs is 3. The quantitative estimate of drug-likeness (QED) is 0.0122. The highest BCUT2D eigenvalue weighted by Crippen LogP contribution is 2.68. The third-order valence-corrected chi connectivity index (χ3v) is 18.5. The minimum atomic E-state index is -5.79. The summed E-state index contributed by atoms with van der Waals surface area (Å²) in [4.78, 5) is 67.4. The first kappa shape index (κ1) is 60.7. The number of aliphatic hydroxyl groups excluding tert-OH is 2. The summed E-state index contributed by atoms with van der Waals surface area (Å²) in [5.41, 5.74) is 14.5. The fourth-order valence-electron chi connectivity index (χ4n) is 10.2. The number of hydrogen-bond donors (Lipinski definition) is 8. The number of allylic oxidation sites excluding steroid dienone is 6. The van der Waals surface area contributed by atoms with E-state index in [1.165, 1.54) is 45.0 Å². The molecule has 3 aliphatic rings. The maximum Gasteiger partial charge on any atom is 0.490 e. The number of aryl methyl sites for hydroxylation is 2. The molecule has 9 N–H and O–H groups in total. The van der Waals surface area contributed by atoms with Crippen LogP contribution in [-0.2, 0) is 51.7 Å². The van der Waals surface area contributed by atoms with Crippen LogP contribution in [0.15, 0.2) is 83.6 Å². The molecule has 0 radical (unpaired) electrons. The molecule has 0 saturated carbocycles. The van der Waals surface area contributed by atoms with Gasteiger partial charge in [-0.25, -0.2) is 18.7 Å². The predicted octanol–water partition coefficient (Wildman–Crippen LogP) is 7.82. The first-order chi connectivity index (χ1) is 36.7. The van der Waals surface area contributed by atoms with E-state index < -0.39 is 60.2 Å². The van der Waals surface area contributed by atoms with Crippen molar-refractivity contribution in [3.8, 4) is 0 Å². The SMILES string of the molecule is CCN1C(=CC=CC=CC2=[N+](CCCCCC(=O)NCCCCCCCOP(=O)(O)OP(=O)(O)OP(=O)(O)OC[C@H]3O[C@@H](n4cnc5c(=O)[nH]c(N)nc54)[C@H](O)C3O)c3ccc(C)cc3C2(C)C)C(C)(C)c2cc(C)ccc21. The minimum Gasteiger partial charge on any atom is -0.387 e. The molecule has 0 aliphatic carbocycles. The zero-order chi connectivity index (χ0) is 56.8. The summed E-state index contributed by atoms with van der Waals surface area (Å²) >= 11 is 0. The van der Waals surface area contributed by atoms with Gasteiger partial charge in [0.2, 0.25) is 17.5 Å². The van der Waals surface area contributed by atoms with Crippen LogP contribution in [0, 0.1) is 13.8 Å². The Labute approximate surface area is 453 Å². The van der Waals surface area contributed by atoms with Crippen LogP contribution in [-0.4, -0.2) is 112 Å². The lowest BCUT2D eigenvalue weighted by Crippen LogP contribution is -2.33. The lowest BCUT2D eigenvalue weighted by molar-refractivity contribution is -0.438. The molecule has 5 heterocycles. The van der Waals surface area contributed by atoms with Crippen molar-refractivity contribution in [2.75, 3.05) is 43.5 Å². The highest BCUT2D eigenvalue weighted by atomic mass is 31.3. The number of aromatic amines is 1. The van der Waals surface area contributed by atoms with Crippen molar-refractivity contribution in [3.05, 3.63) is 111 Å². The number of imidazole rings is 1. The van der Waals surface area contributed by atoms with Gasteiger partial charge >= 0.3 is 23.5 Å². The number of anilines is 2. The number of nitrogens with one attached hydrogen (secondary N) is 2. The number of carbonyl (C=O) groups excluding carboxylic acids is 1. The number of carbonyl (C=O) groups is 1. The maximum absolute atomic E-state index is 12.7. The molecule has 7 atom stereocenters. The summed E-state index contributed by atoms with van der Waals surface area (Å²) in [5, 5.41) is 24.1. The number of nitrogens with zero attached hydrogens (tertiary/aromatic N) is 5. The van der Waals surface area contributed by atoms with E-state index in [1.807, 2.05) is 0 Å².